The van der Waals surface area contributed by atoms with Crippen molar-refractivity contribution in [3.05, 3.63) is 35.4 Å². The van der Waals surface area contributed by atoms with E-state index in [0.717, 1.165) is 5.56 Å². The summed E-state index contributed by atoms with van der Waals surface area (Å²) in [7, 11) is 0. The van der Waals surface area contributed by atoms with Crippen molar-refractivity contribution in [1.29, 1.82) is 0 Å². The van der Waals surface area contributed by atoms with Gasteiger partial charge in [-0.2, -0.15) is 0 Å². The Morgan fingerprint density at radius 2 is 1.93 bits per heavy atom. The topological polar surface area (TPSA) is 66.8 Å². The average molecular weight is 196 g/mol. The van der Waals surface area contributed by atoms with Gasteiger partial charge in [-0.05, 0) is 17.7 Å². The van der Waals surface area contributed by atoms with Crippen LogP contribution in [0, 0.1) is 0 Å². The van der Waals surface area contributed by atoms with Crippen molar-refractivity contribution in [2.45, 2.75) is 6.61 Å². The van der Waals surface area contributed by atoms with Crippen LogP contribution in [-0.2, 0) is 11.3 Å². The minimum absolute atomic E-state index is 0.00674. The Hall–Kier alpha value is -1.39. The number of rotatable bonds is 5. The van der Waals surface area contributed by atoms with Crippen molar-refractivity contribution in [2.75, 3.05) is 13.2 Å². The number of hydrogen-bond donors (Lipinski definition) is 2. The number of benzene rings is 1. The summed E-state index contributed by atoms with van der Waals surface area (Å²) in [5.74, 6) is -0.937. The lowest BCUT2D eigenvalue weighted by atomic mass is 10.1. The largest absolute Gasteiger partial charge is 0.478 e. The highest BCUT2D eigenvalue weighted by Crippen LogP contribution is 2.05. The maximum Gasteiger partial charge on any atom is 0.335 e. The molecule has 0 spiro atoms. The highest BCUT2D eigenvalue weighted by atomic mass is 16.5. The van der Waals surface area contributed by atoms with Crippen LogP contribution in [0.15, 0.2) is 24.3 Å². The molecule has 1 aromatic carbocycles. The Labute approximate surface area is 81.8 Å². The van der Waals surface area contributed by atoms with Crippen molar-refractivity contribution >= 4 is 5.97 Å². The van der Waals surface area contributed by atoms with Gasteiger partial charge in [-0.1, -0.05) is 12.1 Å². The van der Waals surface area contributed by atoms with E-state index in [1.165, 1.54) is 12.1 Å². The first kappa shape index (κ1) is 10.7. The van der Waals surface area contributed by atoms with Crippen molar-refractivity contribution in [2.24, 2.45) is 0 Å². The van der Waals surface area contributed by atoms with E-state index in [1.54, 1.807) is 12.1 Å². The fraction of sp³-hybridized carbons (Fsp3) is 0.300. The lowest BCUT2D eigenvalue weighted by Crippen LogP contribution is -2.00. The minimum atomic E-state index is -0.937. The molecule has 0 bridgehead atoms. The molecule has 0 atom stereocenters. The summed E-state index contributed by atoms with van der Waals surface area (Å²) < 4.78 is 5.07. The quantitative estimate of drug-likeness (QED) is 0.686. The van der Waals surface area contributed by atoms with Gasteiger partial charge in [-0.3, -0.25) is 0 Å². The minimum Gasteiger partial charge on any atom is -0.478 e. The Morgan fingerprint density at radius 3 is 2.43 bits per heavy atom. The molecule has 0 fully saturated rings. The fourth-order valence-corrected chi connectivity index (χ4v) is 0.998. The predicted molar refractivity (Wildman–Crippen MR) is 50.1 cm³/mol. The number of aromatic carboxylic acids is 1. The molecule has 0 aliphatic carbocycles. The Kier molecular flexibility index (Phi) is 4.10. The maximum absolute atomic E-state index is 10.5. The van der Waals surface area contributed by atoms with E-state index >= 15 is 0 Å². The molecule has 0 radical (unpaired) electrons. The van der Waals surface area contributed by atoms with E-state index in [0.29, 0.717) is 13.2 Å². The number of carboxylic acids is 1. The van der Waals surface area contributed by atoms with Gasteiger partial charge < -0.3 is 14.9 Å². The SMILES string of the molecule is O=C(O)c1ccc(COCCO)cc1. The molecule has 0 saturated carbocycles. The second-order valence-electron chi connectivity index (χ2n) is 2.78. The molecule has 0 amide bonds. The number of carboxylic acid groups (broad SMARTS) is 1. The summed E-state index contributed by atoms with van der Waals surface area (Å²) in [6.07, 6.45) is 0. The van der Waals surface area contributed by atoms with E-state index in [9.17, 15) is 4.79 Å². The highest BCUT2D eigenvalue weighted by Gasteiger charge is 2.01. The summed E-state index contributed by atoms with van der Waals surface area (Å²) in [4.78, 5) is 10.5. The van der Waals surface area contributed by atoms with Gasteiger partial charge in [0.2, 0.25) is 0 Å². The van der Waals surface area contributed by atoms with E-state index in [1.807, 2.05) is 0 Å². The molecule has 4 heteroatoms. The standard InChI is InChI=1S/C10H12O4/c11-5-6-14-7-8-1-3-9(4-2-8)10(12)13/h1-4,11H,5-7H2,(H,12,13). The molecule has 1 rings (SSSR count). The van der Waals surface area contributed by atoms with Crippen LogP contribution in [0.1, 0.15) is 15.9 Å². The van der Waals surface area contributed by atoms with Gasteiger partial charge in [0.15, 0.2) is 0 Å². The van der Waals surface area contributed by atoms with Gasteiger partial charge in [0.05, 0.1) is 25.4 Å². The van der Waals surface area contributed by atoms with Crippen molar-refractivity contribution in [3.8, 4) is 0 Å². The van der Waals surface area contributed by atoms with Crippen LogP contribution in [0.25, 0.3) is 0 Å². The average Bonchev–Trinajstić information content (AvgIpc) is 2.19. The third-order valence-electron chi connectivity index (χ3n) is 1.71. The van der Waals surface area contributed by atoms with Crippen LogP contribution in [0.2, 0.25) is 0 Å². The van der Waals surface area contributed by atoms with Crippen molar-refractivity contribution < 1.29 is 19.7 Å². The van der Waals surface area contributed by atoms with Crippen LogP contribution < -0.4 is 0 Å². The van der Waals surface area contributed by atoms with Crippen LogP contribution in [0.4, 0.5) is 0 Å². The first-order chi connectivity index (χ1) is 6.74. The molecule has 0 heterocycles. The third-order valence-corrected chi connectivity index (χ3v) is 1.71. The third kappa shape index (κ3) is 3.16. The van der Waals surface area contributed by atoms with Crippen LogP contribution in [0.3, 0.4) is 0 Å². The zero-order valence-corrected chi connectivity index (χ0v) is 7.64. The number of aliphatic hydroxyl groups excluding tert-OH is 1. The smallest absolute Gasteiger partial charge is 0.335 e. The number of ether oxygens (including phenoxy) is 1. The van der Waals surface area contributed by atoms with Gasteiger partial charge >= 0.3 is 5.97 Å². The fourth-order valence-electron chi connectivity index (χ4n) is 0.998. The highest BCUT2D eigenvalue weighted by molar-refractivity contribution is 5.87. The summed E-state index contributed by atoms with van der Waals surface area (Å²) >= 11 is 0. The Morgan fingerprint density at radius 1 is 1.29 bits per heavy atom. The molecule has 0 aromatic heterocycles. The molecule has 0 aliphatic rings. The van der Waals surface area contributed by atoms with Gasteiger partial charge in [-0.25, -0.2) is 4.79 Å². The number of carbonyl (C=O) groups is 1. The van der Waals surface area contributed by atoms with E-state index in [4.69, 9.17) is 14.9 Å². The van der Waals surface area contributed by atoms with Gasteiger partial charge in [-0.15, -0.1) is 0 Å². The molecular formula is C10H12O4. The molecule has 4 nitrogen and oxygen atoms in total. The molecule has 1 aromatic rings. The van der Waals surface area contributed by atoms with E-state index in [-0.39, 0.29) is 12.2 Å². The van der Waals surface area contributed by atoms with Crippen LogP contribution in [-0.4, -0.2) is 29.4 Å². The number of aliphatic hydroxyl groups is 1. The normalized spacial score (nSPS) is 10.1. The van der Waals surface area contributed by atoms with Gasteiger partial charge in [0.25, 0.3) is 0 Å². The van der Waals surface area contributed by atoms with Crippen molar-refractivity contribution in [1.82, 2.24) is 0 Å². The summed E-state index contributed by atoms with van der Waals surface area (Å²) in [6.45, 7) is 0.675. The van der Waals surface area contributed by atoms with Gasteiger partial charge in [0.1, 0.15) is 0 Å². The second-order valence-corrected chi connectivity index (χ2v) is 2.78. The first-order valence-corrected chi connectivity index (χ1v) is 4.25. The van der Waals surface area contributed by atoms with Crippen LogP contribution >= 0.6 is 0 Å². The zero-order chi connectivity index (χ0) is 10.4. The van der Waals surface area contributed by atoms with E-state index < -0.39 is 5.97 Å². The zero-order valence-electron chi connectivity index (χ0n) is 7.64. The Balaban J connectivity index is 2.51. The lowest BCUT2D eigenvalue weighted by molar-refractivity contribution is 0.0696. The van der Waals surface area contributed by atoms with Gasteiger partial charge in [0, 0.05) is 0 Å². The molecular weight excluding hydrogens is 184 g/mol. The first-order valence-electron chi connectivity index (χ1n) is 4.25. The van der Waals surface area contributed by atoms with Crippen LogP contribution in [0.5, 0.6) is 0 Å². The second kappa shape index (κ2) is 5.36. The monoisotopic (exact) mass is 196 g/mol. The molecule has 14 heavy (non-hydrogen) atoms. The summed E-state index contributed by atoms with van der Waals surface area (Å²) in [6, 6.07) is 6.45. The Bertz CT molecular complexity index is 291. The van der Waals surface area contributed by atoms with Crippen molar-refractivity contribution in [3.63, 3.8) is 0 Å². The molecule has 76 valence electrons. The molecule has 0 saturated heterocycles. The lowest BCUT2D eigenvalue weighted by Gasteiger charge is -2.02. The molecule has 2 N–H and O–H groups in total. The molecule has 0 unspecified atom stereocenters. The van der Waals surface area contributed by atoms with E-state index in [2.05, 4.69) is 0 Å². The number of hydrogen-bond acceptors (Lipinski definition) is 3. The maximum atomic E-state index is 10.5. The predicted octanol–water partition coefficient (Wildman–Crippen LogP) is 0.894. The summed E-state index contributed by atoms with van der Waals surface area (Å²) in [5.41, 5.74) is 1.15. The summed E-state index contributed by atoms with van der Waals surface area (Å²) in [5, 5.41) is 17.1. The molecule has 0 aliphatic heterocycles.